The first-order valence-electron chi connectivity index (χ1n) is 16.3. The molecule has 3 aromatic heterocycles. The number of imidazole rings is 1. The summed E-state index contributed by atoms with van der Waals surface area (Å²) in [6, 6.07) is 18.9. The van der Waals surface area contributed by atoms with Crippen molar-refractivity contribution in [3.8, 4) is 0 Å². The fourth-order valence-corrected chi connectivity index (χ4v) is 7.01. The van der Waals surface area contributed by atoms with Crippen LogP contribution in [0.15, 0.2) is 82.9 Å². The van der Waals surface area contributed by atoms with Crippen molar-refractivity contribution in [2.45, 2.75) is 62.9 Å². The Labute approximate surface area is 295 Å². The van der Waals surface area contributed by atoms with Crippen molar-refractivity contribution in [3.05, 3.63) is 105 Å². The van der Waals surface area contributed by atoms with E-state index in [9.17, 15) is 19.0 Å². The van der Waals surface area contributed by atoms with Crippen LogP contribution >= 0.6 is 7.82 Å². The van der Waals surface area contributed by atoms with Crippen molar-refractivity contribution in [2.75, 3.05) is 24.7 Å². The van der Waals surface area contributed by atoms with Crippen molar-refractivity contribution in [1.82, 2.24) is 34.1 Å². The molecule has 2 aliphatic heterocycles. The van der Waals surface area contributed by atoms with Crippen LogP contribution in [0.2, 0.25) is 0 Å². The van der Waals surface area contributed by atoms with Gasteiger partial charge in [0.25, 0.3) is 5.56 Å². The summed E-state index contributed by atoms with van der Waals surface area (Å²) in [5.41, 5.74) is 12.2. The molecule has 7 atom stereocenters. The number of phosphoric acid groups is 1. The largest absolute Gasteiger partial charge is 0.472 e. The number of anilines is 2. The number of rotatable bonds is 14. The summed E-state index contributed by atoms with van der Waals surface area (Å²) in [7, 11) is -4.80. The van der Waals surface area contributed by atoms with Crippen LogP contribution in [0.1, 0.15) is 36.4 Å². The van der Waals surface area contributed by atoms with Crippen molar-refractivity contribution in [3.63, 3.8) is 0 Å². The summed E-state index contributed by atoms with van der Waals surface area (Å²) >= 11 is 0. The number of ether oxygens (including phenoxy) is 4. The molecule has 3 unspecified atom stereocenters. The first-order valence-corrected chi connectivity index (χ1v) is 17.8. The minimum atomic E-state index is -4.80. The van der Waals surface area contributed by atoms with Gasteiger partial charge in [-0.3, -0.25) is 28.0 Å². The fraction of sp³-hybridized carbons (Fsp3) is 0.375. The number of nitrogens with zero attached hydrogens (tertiary/aromatic N) is 6. The van der Waals surface area contributed by atoms with Gasteiger partial charge in [0.2, 0.25) is 11.9 Å². The predicted octanol–water partition coefficient (Wildman–Crippen LogP) is 1.82. The summed E-state index contributed by atoms with van der Waals surface area (Å²) in [5, 5.41) is 0. The van der Waals surface area contributed by atoms with E-state index < -0.39 is 62.6 Å². The van der Waals surface area contributed by atoms with Gasteiger partial charge in [0.15, 0.2) is 11.2 Å². The van der Waals surface area contributed by atoms with Crippen LogP contribution in [0.5, 0.6) is 0 Å². The van der Waals surface area contributed by atoms with Gasteiger partial charge in [0.05, 0.1) is 38.9 Å². The molecule has 2 fully saturated rings. The van der Waals surface area contributed by atoms with Crippen molar-refractivity contribution >= 4 is 30.9 Å². The Hall–Kier alpha value is -4.85. The maximum absolute atomic E-state index is 13.5. The number of nitrogens with one attached hydrogen (secondary N) is 1. The molecule has 20 heteroatoms. The molecule has 0 amide bonds. The van der Waals surface area contributed by atoms with Crippen molar-refractivity contribution in [2.24, 2.45) is 0 Å². The quantitative estimate of drug-likeness (QED) is 0.119. The van der Waals surface area contributed by atoms with E-state index in [0.717, 1.165) is 15.7 Å². The standard InChI is InChI=1S/C32H36N9O10P/c33-30-36-18-41(32(43)39-30)26-12-22(23(49-26)15-46-13-19-7-3-1-4-8-19)51-52(44,45)48-16-24-21(47-14-20-9-5-2-6-10-20)11-25(50-24)40-17-35-27-28(40)37-31(34)38-29(27)42/h1-10,17-18,21-26H,11-16H2,(H,44,45)(H2,33,39,43)(H3,34,37,38,42)/t21?,22?,23-,24-,25-,26-/m1/s1. The Morgan fingerprint density at radius 3 is 2.19 bits per heavy atom. The van der Waals surface area contributed by atoms with Gasteiger partial charge in [-0.2, -0.15) is 9.97 Å². The molecule has 52 heavy (non-hydrogen) atoms. The zero-order chi connectivity index (χ0) is 36.2. The molecule has 6 N–H and O–H groups in total. The average Bonchev–Trinajstić information content (AvgIpc) is 3.84. The lowest BCUT2D eigenvalue weighted by molar-refractivity contribution is -0.0752. The van der Waals surface area contributed by atoms with E-state index in [-0.39, 0.29) is 55.7 Å². The zero-order valence-corrected chi connectivity index (χ0v) is 28.4. The first-order chi connectivity index (χ1) is 25.1. The van der Waals surface area contributed by atoms with E-state index in [1.54, 1.807) is 4.57 Å². The van der Waals surface area contributed by atoms with Crippen LogP contribution in [-0.2, 0) is 45.8 Å². The Bertz CT molecular complexity index is 2150. The van der Waals surface area contributed by atoms with Crippen LogP contribution in [0.25, 0.3) is 11.2 Å². The maximum Gasteiger partial charge on any atom is 0.472 e. The third-order valence-electron chi connectivity index (χ3n) is 8.55. The highest BCUT2D eigenvalue weighted by atomic mass is 31.2. The molecule has 7 rings (SSSR count). The number of phosphoric ester groups is 1. The first kappa shape index (κ1) is 35.5. The zero-order valence-electron chi connectivity index (χ0n) is 27.5. The molecule has 2 saturated heterocycles. The van der Waals surface area contributed by atoms with Gasteiger partial charge in [0.1, 0.15) is 37.1 Å². The molecule has 19 nitrogen and oxygen atoms in total. The van der Waals surface area contributed by atoms with E-state index in [1.807, 2.05) is 60.7 Å². The predicted molar refractivity (Wildman–Crippen MR) is 182 cm³/mol. The minimum Gasteiger partial charge on any atom is -0.374 e. The number of hydrogen-bond donors (Lipinski definition) is 4. The SMILES string of the molecule is Nc1ncn([C@H]2CC(OP(=O)(O)OC[C@H]3O[C@@H](n4cnc5c(=O)[nH]c(N)nc54)CC3OCc3ccccc3)[C@@H](COCc3ccccc3)O2)c(=O)n1. The Balaban J connectivity index is 1.05. The van der Waals surface area contributed by atoms with Crippen LogP contribution in [0, 0.1) is 0 Å². The average molecular weight is 738 g/mol. The Morgan fingerprint density at radius 2 is 1.48 bits per heavy atom. The molecule has 5 aromatic rings. The highest BCUT2D eigenvalue weighted by Crippen LogP contribution is 2.49. The lowest BCUT2D eigenvalue weighted by Crippen LogP contribution is -2.31. The number of aromatic amines is 1. The third-order valence-corrected chi connectivity index (χ3v) is 9.56. The summed E-state index contributed by atoms with van der Waals surface area (Å²) in [6.07, 6.45) is -2.28. The summed E-state index contributed by atoms with van der Waals surface area (Å²) in [5.74, 6) is -0.302. The number of nitrogens with two attached hydrogens (primary N) is 2. The molecule has 0 radical (unpaired) electrons. The molecular formula is C32H36N9O10P. The normalized spacial score (nSPS) is 24.3. The Kier molecular flexibility index (Phi) is 10.5. The van der Waals surface area contributed by atoms with E-state index in [0.29, 0.717) is 0 Å². The smallest absolute Gasteiger partial charge is 0.374 e. The van der Waals surface area contributed by atoms with Gasteiger partial charge in [-0.05, 0) is 11.1 Å². The summed E-state index contributed by atoms with van der Waals surface area (Å²) in [4.78, 5) is 54.2. The van der Waals surface area contributed by atoms with Crippen LogP contribution in [-0.4, -0.2) is 76.6 Å². The molecule has 5 heterocycles. The fourth-order valence-electron chi connectivity index (χ4n) is 6.05. The molecular weight excluding hydrogens is 701 g/mol. The van der Waals surface area contributed by atoms with Gasteiger partial charge >= 0.3 is 13.5 Å². The highest BCUT2D eigenvalue weighted by Gasteiger charge is 2.44. The van der Waals surface area contributed by atoms with Gasteiger partial charge in [0, 0.05) is 12.8 Å². The number of nitrogen functional groups attached to an aromatic ring is 2. The Morgan fingerprint density at radius 1 is 0.846 bits per heavy atom. The molecule has 0 spiro atoms. The van der Waals surface area contributed by atoms with Gasteiger partial charge in [-0.1, -0.05) is 60.7 Å². The van der Waals surface area contributed by atoms with Gasteiger partial charge in [-0.15, -0.1) is 0 Å². The minimum absolute atomic E-state index is 0.0335. The van der Waals surface area contributed by atoms with Crippen molar-refractivity contribution < 1.29 is 37.5 Å². The summed E-state index contributed by atoms with van der Waals surface area (Å²) < 4.78 is 51.7. The molecule has 0 aliphatic carbocycles. The highest BCUT2D eigenvalue weighted by molar-refractivity contribution is 7.47. The molecule has 0 saturated carbocycles. The van der Waals surface area contributed by atoms with Crippen LogP contribution in [0.3, 0.4) is 0 Å². The number of benzene rings is 2. The number of aromatic nitrogens is 7. The second-order valence-corrected chi connectivity index (χ2v) is 13.6. The second-order valence-electron chi connectivity index (χ2n) is 12.2. The molecule has 274 valence electrons. The van der Waals surface area contributed by atoms with Crippen LogP contribution < -0.4 is 22.7 Å². The lowest BCUT2D eigenvalue weighted by atomic mass is 10.1. The summed E-state index contributed by atoms with van der Waals surface area (Å²) in [6.45, 7) is 0.0117. The monoisotopic (exact) mass is 737 g/mol. The van der Waals surface area contributed by atoms with Gasteiger partial charge < -0.3 is 35.3 Å². The van der Waals surface area contributed by atoms with E-state index in [2.05, 4.69) is 24.9 Å². The van der Waals surface area contributed by atoms with Crippen LogP contribution in [0.4, 0.5) is 11.9 Å². The maximum atomic E-state index is 13.5. The van der Waals surface area contributed by atoms with Crippen molar-refractivity contribution in [1.29, 1.82) is 0 Å². The van der Waals surface area contributed by atoms with E-state index in [4.69, 9.17) is 39.5 Å². The second kappa shape index (κ2) is 15.4. The molecule has 2 aromatic carbocycles. The third kappa shape index (κ3) is 8.27. The number of fused-ring (bicyclic) bond motifs is 1. The topological polar surface area (TPSA) is 256 Å². The van der Waals surface area contributed by atoms with E-state index in [1.165, 1.54) is 12.7 Å². The lowest BCUT2D eigenvalue weighted by Gasteiger charge is -2.23. The van der Waals surface area contributed by atoms with E-state index >= 15 is 0 Å². The number of H-pyrrole nitrogens is 1. The number of hydrogen-bond acceptors (Lipinski definition) is 15. The molecule has 0 bridgehead atoms. The molecule has 2 aliphatic rings. The van der Waals surface area contributed by atoms with Gasteiger partial charge in [-0.25, -0.2) is 19.3 Å².